The molecule has 1 aromatic carbocycles. The molecule has 4 heteroatoms. The van der Waals surface area contributed by atoms with Gasteiger partial charge in [0.05, 0.1) is 6.10 Å². The third kappa shape index (κ3) is 4.32. The third-order valence-corrected chi connectivity index (χ3v) is 16.2. The second-order valence-electron chi connectivity index (χ2n) is 11.8. The quantitative estimate of drug-likeness (QED) is 0.428. The molecule has 0 bridgehead atoms. The van der Waals surface area contributed by atoms with E-state index in [1.165, 1.54) is 22.3 Å². The maximum Gasteiger partial charge on any atom is 0.250 e. The highest BCUT2D eigenvalue weighted by Crippen LogP contribution is 2.50. The molecule has 0 aromatic heterocycles. The van der Waals surface area contributed by atoms with Crippen molar-refractivity contribution in [1.82, 2.24) is 0 Å². The minimum Gasteiger partial charge on any atom is -0.543 e. The molecule has 0 spiro atoms. The first kappa shape index (κ1) is 23.3. The van der Waals surface area contributed by atoms with E-state index in [4.69, 9.17) is 8.85 Å². The van der Waals surface area contributed by atoms with Gasteiger partial charge in [-0.25, -0.2) is 0 Å². The molecule has 3 rings (SSSR count). The Morgan fingerprint density at radius 1 is 0.900 bits per heavy atom. The van der Waals surface area contributed by atoms with Crippen molar-refractivity contribution in [1.29, 1.82) is 0 Å². The van der Waals surface area contributed by atoms with Crippen molar-refractivity contribution in [3.05, 3.63) is 58.7 Å². The van der Waals surface area contributed by atoms with Gasteiger partial charge in [-0.05, 0) is 71.5 Å². The van der Waals surface area contributed by atoms with Crippen LogP contribution < -0.4 is 4.43 Å². The lowest BCUT2D eigenvalue weighted by Crippen LogP contribution is -2.44. The van der Waals surface area contributed by atoms with Gasteiger partial charge in [0.25, 0.3) is 8.32 Å². The Labute approximate surface area is 186 Å². The highest BCUT2D eigenvalue weighted by molar-refractivity contribution is 6.75. The molecule has 0 saturated carbocycles. The van der Waals surface area contributed by atoms with E-state index in [1.807, 2.05) is 0 Å². The largest absolute Gasteiger partial charge is 0.543 e. The summed E-state index contributed by atoms with van der Waals surface area (Å²) < 4.78 is 13.8. The van der Waals surface area contributed by atoms with Gasteiger partial charge in [-0.2, -0.15) is 0 Å². The molecule has 0 N–H and O–H groups in total. The van der Waals surface area contributed by atoms with Gasteiger partial charge < -0.3 is 8.85 Å². The molecule has 1 unspecified atom stereocenters. The molecular weight excluding hydrogens is 400 g/mol. The van der Waals surface area contributed by atoms with Gasteiger partial charge >= 0.3 is 0 Å². The Balaban J connectivity index is 2.07. The Morgan fingerprint density at radius 2 is 1.53 bits per heavy atom. The van der Waals surface area contributed by atoms with Crippen molar-refractivity contribution in [2.75, 3.05) is 0 Å². The Kier molecular flexibility index (Phi) is 5.94. The molecule has 0 saturated heterocycles. The van der Waals surface area contributed by atoms with E-state index in [2.05, 4.69) is 110 Å². The molecule has 0 heterocycles. The van der Waals surface area contributed by atoms with Gasteiger partial charge in [-0.15, -0.1) is 0 Å². The van der Waals surface area contributed by atoms with Crippen LogP contribution in [0.3, 0.4) is 0 Å². The first-order valence-electron chi connectivity index (χ1n) is 11.2. The molecule has 1 atom stereocenters. The van der Waals surface area contributed by atoms with Crippen LogP contribution in [-0.2, 0) is 4.43 Å². The topological polar surface area (TPSA) is 18.5 Å². The third-order valence-electron chi connectivity index (χ3n) is 7.46. The zero-order chi connectivity index (χ0) is 22.5. The van der Waals surface area contributed by atoms with E-state index in [-0.39, 0.29) is 16.2 Å². The minimum atomic E-state index is -1.95. The molecule has 0 fully saturated rings. The van der Waals surface area contributed by atoms with Crippen LogP contribution >= 0.6 is 0 Å². The maximum absolute atomic E-state index is 7.02. The molecule has 164 valence electrons. The van der Waals surface area contributed by atoms with Crippen LogP contribution in [0.15, 0.2) is 47.6 Å². The highest BCUT2D eigenvalue weighted by atomic mass is 28.4. The molecule has 2 nitrogen and oxygen atoms in total. The first-order chi connectivity index (χ1) is 13.6. The average molecular weight is 441 g/mol. The van der Waals surface area contributed by atoms with Gasteiger partial charge in [-0.3, -0.25) is 0 Å². The summed E-state index contributed by atoms with van der Waals surface area (Å²) in [4.78, 5) is 0. The van der Waals surface area contributed by atoms with E-state index in [9.17, 15) is 0 Å². The van der Waals surface area contributed by atoms with Gasteiger partial charge in [0.15, 0.2) is 8.32 Å². The van der Waals surface area contributed by atoms with Crippen LogP contribution in [0.1, 0.15) is 65.2 Å². The van der Waals surface area contributed by atoms with E-state index in [1.54, 1.807) is 0 Å². The van der Waals surface area contributed by atoms with Crippen molar-refractivity contribution in [2.45, 2.75) is 90.3 Å². The van der Waals surface area contributed by atoms with Crippen LogP contribution in [0, 0.1) is 0 Å². The summed E-state index contributed by atoms with van der Waals surface area (Å²) in [5, 5.41) is 0.324. The van der Waals surface area contributed by atoms with Crippen molar-refractivity contribution in [3.8, 4) is 5.75 Å². The van der Waals surface area contributed by atoms with Crippen LogP contribution in [0.4, 0.5) is 0 Å². The van der Waals surface area contributed by atoms with Gasteiger partial charge in [-0.1, -0.05) is 71.9 Å². The zero-order valence-corrected chi connectivity index (χ0v) is 22.6. The molecule has 2 aliphatic carbocycles. The molecule has 30 heavy (non-hydrogen) atoms. The van der Waals surface area contributed by atoms with Crippen molar-refractivity contribution >= 4 is 22.7 Å². The predicted molar refractivity (Wildman–Crippen MR) is 135 cm³/mol. The van der Waals surface area contributed by atoms with E-state index in [0.717, 1.165) is 12.2 Å². The van der Waals surface area contributed by atoms with Crippen LogP contribution in [0.2, 0.25) is 36.3 Å². The smallest absolute Gasteiger partial charge is 0.250 e. The molecule has 1 aromatic rings. The molecule has 2 aliphatic rings. The fraction of sp³-hybridized carbons (Fsp3) is 0.538. The minimum absolute atomic E-state index is 0.0159. The highest BCUT2D eigenvalue weighted by Gasteiger charge is 2.43. The van der Waals surface area contributed by atoms with E-state index < -0.39 is 16.6 Å². The summed E-state index contributed by atoms with van der Waals surface area (Å²) in [6, 6.07) is 6.51. The second kappa shape index (κ2) is 7.65. The molecule has 0 amide bonds. The zero-order valence-electron chi connectivity index (χ0n) is 20.6. The van der Waals surface area contributed by atoms with Crippen molar-refractivity contribution in [3.63, 3.8) is 0 Å². The van der Waals surface area contributed by atoms with E-state index >= 15 is 0 Å². The molecule has 0 radical (unpaired) electrons. The SMILES string of the molecule is CC(C)(C)[Si](C)(C)Oc1cccc2c1C=C(C1=CCC=C1)C2O[Si](C)(C)C(C)(C)C. The monoisotopic (exact) mass is 440 g/mol. The number of hydrogen-bond donors (Lipinski definition) is 0. The second-order valence-corrected chi connectivity index (χ2v) is 21.3. The molecular formula is C26H40O2Si2. The number of fused-ring (bicyclic) bond motifs is 1. The lowest BCUT2D eigenvalue weighted by molar-refractivity contribution is 0.224. The fourth-order valence-corrected chi connectivity index (χ4v) is 5.60. The lowest BCUT2D eigenvalue weighted by Gasteiger charge is -2.39. The number of hydrogen-bond acceptors (Lipinski definition) is 2. The summed E-state index contributed by atoms with van der Waals surface area (Å²) in [5.74, 6) is 1.01. The van der Waals surface area contributed by atoms with Crippen LogP contribution in [-0.4, -0.2) is 16.6 Å². The lowest BCUT2D eigenvalue weighted by atomic mass is 10.0. The average Bonchev–Trinajstić information content (AvgIpc) is 3.21. The Bertz CT molecular complexity index is 906. The number of allylic oxidation sites excluding steroid dienone is 3. The maximum atomic E-state index is 7.02. The summed E-state index contributed by atoms with van der Waals surface area (Å²) in [7, 11) is -3.88. The number of benzene rings is 1. The van der Waals surface area contributed by atoms with Gasteiger partial charge in [0, 0.05) is 5.56 Å². The summed E-state index contributed by atoms with van der Waals surface area (Å²) in [6.07, 6.45) is 10.1. The summed E-state index contributed by atoms with van der Waals surface area (Å²) in [6.45, 7) is 23.1. The van der Waals surface area contributed by atoms with Crippen LogP contribution in [0.5, 0.6) is 5.75 Å². The molecule has 0 aliphatic heterocycles. The van der Waals surface area contributed by atoms with Gasteiger partial charge in [0.2, 0.25) is 0 Å². The van der Waals surface area contributed by atoms with Crippen molar-refractivity contribution in [2.24, 2.45) is 0 Å². The number of rotatable bonds is 5. The Morgan fingerprint density at radius 3 is 2.07 bits per heavy atom. The van der Waals surface area contributed by atoms with Crippen molar-refractivity contribution < 1.29 is 8.85 Å². The summed E-state index contributed by atoms with van der Waals surface area (Å²) in [5.41, 5.74) is 5.05. The van der Waals surface area contributed by atoms with Crippen LogP contribution in [0.25, 0.3) is 6.08 Å². The van der Waals surface area contributed by atoms with E-state index in [0.29, 0.717) is 0 Å². The standard InChI is InChI=1S/C26H40O2Si2/c1-25(2,3)29(7,8)27-23-17-13-16-20-22(23)18-21(19-14-11-12-15-19)24(20)28-30(9,10)26(4,5)6/h11,13-18,24H,12H2,1-10H3. The predicted octanol–water partition coefficient (Wildman–Crippen LogP) is 8.42. The first-order valence-corrected chi connectivity index (χ1v) is 17.0. The normalized spacial score (nSPS) is 19.6. The summed E-state index contributed by atoms with van der Waals surface area (Å²) >= 11 is 0. The Hall–Kier alpha value is -1.37. The fourth-order valence-electron chi connectivity index (χ4n) is 3.37. The van der Waals surface area contributed by atoms with Gasteiger partial charge in [0.1, 0.15) is 5.75 Å².